The predicted molar refractivity (Wildman–Crippen MR) is 76.6 cm³/mol. The summed E-state index contributed by atoms with van der Waals surface area (Å²) in [5, 5.41) is 12.2. The number of ether oxygens (including phenoxy) is 1. The molecule has 0 amide bonds. The van der Waals surface area contributed by atoms with Crippen LogP contribution in [-0.2, 0) is 10.5 Å². The molecule has 0 spiro atoms. The minimum absolute atomic E-state index is 0.0659. The Morgan fingerprint density at radius 1 is 1.56 bits per heavy atom. The Kier molecular flexibility index (Phi) is 6.93. The third kappa shape index (κ3) is 4.76. The lowest BCUT2D eigenvalue weighted by atomic mass is 10.1. The highest BCUT2D eigenvalue weighted by Gasteiger charge is 2.05. The second kappa shape index (κ2) is 8.24. The molecule has 0 heterocycles. The molecule has 0 unspecified atom stereocenters. The van der Waals surface area contributed by atoms with Crippen molar-refractivity contribution in [2.24, 2.45) is 10.9 Å². The monoisotopic (exact) mass is 288 g/mol. The second-order valence-corrected chi connectivity index (χ2v) is 5.20. The van der Waals surface area contributed by atoms with Crippen molar-refractivity contribution in [3.8, 4) is 0 Å². The maximum Gasteiger partial charge on any atom is 0.170 e. The van der Waals surface area contributed by atoms with E-state index in [0.29, 0.717) is 10.6 Å². The van der Waals surface area contributed by atoms with E-state index in [-0.39, 0.29) is 5.84 Å². The van der Waals surface area contributed by atoms with Crippen LogP contribution in [0.4, 0.5) is 0 Å². The first-order valence-electron chi connectivity index (χ1n) is 5.52. The number of nitrogens with zero attached hydrogens (tertiary/aromatic N) is 1. The van der Waals surface area contributed by atoms with Gasteiger partial charge in [0.25, 0.3) is 0 Å². The highest BCUT2D eigenvalue weighted by Crippen LogP contribution is 2.23. The summed E-state index contributed by atoms with van der Waals surface area (Å²) in [6.07, 6.45) is 1.03. The molecular weight excluding hydrogens is 272 g/mol. The van der Waals surface area contributed by atoms with E-state index in [0.717, 1.165) is 30.1 Å². The van der Waals surface area contributed by atoms with Crippen molar-refractivity contribution >= 4 is 29.2 Å². The minimum Gasteiger partial charge on any atom is -0.409 e. The number of methoxy groups -OCH3 is 1. The average Bonchev–Trinajstić information content (AvgIpc) is 2.39. The molecule has 0 bridgehead atoms. The SMILES string of the molecule is COCCCSCc1ccc(/C(N)=N/O)cc1Cl. The summed E-state index contributed by atoms with van der Waals surface area (Å²) in [4.78, 5) is 0. The highest BCUT2D eigenvalue weighted by molar-refractivity contribution is 7.98. The van der Waals surface area contributed by atoms with Gasteiger partial charge in [-0.2, -0.15) is 11.8 Å². The number of rotatable bonds is 7. The van der Waals surface area contributed by atoms with Gasteiger partial charge < -0.3 is 15.7 Å². The quantitative estimate of drug-likeness (QED) is 0.266. The van der Waals surface area contributed by atoms with Gasteiger partial charge in [0.1, 0.15) is 0 Å². The van der Waals surface area contributed by atoms with Gasteiger partial charge in [0.05, 0.1) is 0 Å². The fourth-order valence-electron chi connectivity index (χ4n) is 1.37. The molecule has 0 atom stereocenters. The van der Waals surface area contributed by atoms with Crippen LogP contribution >= 0.6 is 23.4 Å². The largest absolute Gasteiger partial charge is 0.409 e. The van der Waals surface area contributed by atoms with Gasteiger partial charge in [0, 0.05) is 30.1 Å². The zero-order chi connectivity index (χ0) is 13.4. The van der Waals surface area contributed by atoms with Crippen LogP contribution < -0.4 is 5.73 Å². The molecule has 6 heteroatoms. The Morgan fingerprint density at radius 3 is 2.94 bits per heavy atom. The van der Waals surface area contributed by atoms with Gasteiger partial charge in [-0.05, 0) is 23.8 Å². The summed E-state index contributed by atoms with van der Waals surface area (Å²) in [5.41, 5.74) is 7.16. The molecule has 1 rings (SSSR count). The number of amidine groups is 1. The van der Waals surface area contributed by atoms with E-state index in [1.54, 1.807) is 31.0 Å². The summed E-state index contributed by atoms with van der Waals surface area (Å²) in [5.74, 6) is 1.95. The topological polar surface area (TPSA) is 67.8 Å². The third-order valence-corrected chi connectivity index (χ3v) is 3.80. The smallest absolute Gasteiger partial charge is 0.170 e. The van der Waals surface area contributed by atoms with Crippen LogP contribution in [-0.4, -0.2) is 30.5 Å². The van der Waals surface area contributed by atoms with Crippen LogP contribution in [0.15, 0.2) is 23.4 Å². The summed E-state index contributed by atoms with van der Waals surface area (Å²) in [6.45, 7) is 0.781. The maximum atomic E-state index is 8.58. The fraction of sp³-hybridized carbons (Fsp3) is 0.417. The molecule has 18 heavy (non-hydrogen) atoms. The molecular formula is C12H17ClN2O2S. The van der Waals surface area contributed by atoms with E-state index in [2.05, 4.69) is 5.16 Å². The molecule has 0 aliphatic carbocycles. The van der Waals surface area contributed by atoms with E-state index in [4.69, 9.17) is 27.3 Å². The lowest BCUT2D eigenvalue weighted by molar-refractivity contribution is 0.200. The first-order chi connectivity index (χ1) is 8.69. The van der Waals surface area contributed by atoms with Gasteiger partial charge in [-0.1, -0.05) is 28.9 Å². The lowest BCUT2D eigenvalue weighted by Crippen LogP contribution is -2.13. The van der Waals surface area contributed by atoms with Gasteiger partial charge in [-0.3, -0.25) is 0 Å². The molecule has 0 radical (unpaired) electrons. The molecule has 4 nitrogen and oxygen atoms in total. The van der Waals surface area contributed by atoms with E-state index < -0.39 is 0 Å². The second-order valence-electron chi connectivity index (χ2n) is 3.69. The summed E-state index contributed by atoms with van der Waals surface area (Å²) < 4.78 is 4.98. The fourth-order valence-corrected chi connectivity index (χ4v) is 2.63. The van der Waals surface area contributed by atoms with E-state index in [1.165, 1.54) is 0 Å². The van der Waals surface area contributed by atoms with E-state index in [9.17, 15) is 0 Å². The molecule has 0 aromatic heterocycles. The molecule has 0 saturated carbocycles. The van der Waals surface area contributed by atoms with E-state index >= 15 is 0 Å². The number of oxime groups is 1. The van der Waals surface area contributed by atoms with Crippen molar-refractivity contribution in [2.45, 2.75) is 12.2 Å². The maximum absolute atomic E-state index is 8.58. The summed E-state index contributed by atoms with van der Waals surface area (Å²) in [6, 6.07) is 5.41. The number of benzene rings is 1. The minimum atomic E-state index is 0.0659. The van der Waals surface area contributed by atoms with Crippen LogP contribution in [0.3, 0.4) is 0 Å². The summed E-state index contributed by atoms with van der Waals surface area (Å²) in [7, 11) is 1.70. The van der Waals surface area contributed by atoms with Gasteiger partial charge in [0.2, 0.25) is 0 Å². The molecule has 3 N–H and O–H groups in total. The van der Waals surface area contributed by atoms with Crippen LogP contribution in [0.1, 0.15) is 17.5 Å². The number of thioether (sulfide) groups is 1. The molecule has 100 valence electrons. The number of hydrogen-bond donors (Lipinski definition) is 2. The Bertz CT molecular complexity index is 413. The first-order valence-corrected chi connectivity index (χ1v) is 7.05. The number of nitrogens with two attached hydrogens (primary N) is 1. The zero-order valence-corrected chi connectivity index (χ0v) is 11.8. The van der Waals surface area contributed by atoms with Crippen LogP contribution in [0.2, 0.25) is 5.02 Å². The average molecular weight is 289 g/mol. The Balaban J connectivity index is 2.52. The Hall–Kier alpha value is -0.910. The normalized spacial score (nSPS) is 11.8. The predicted octanol–water partition coefficient (Wildman–Crippen LogP) is 2.70. The van der Waals surface area contributed by atoms with Gasteiger partial charge in [-0.25, -0.2) is 0 Å². The van der Waals surface area contributed by atoms with Crippen molar-refractivity contribution in [1.82, 2.24) is 0 Å². The lowest BCUT2D eigenvalue weighted by Gasteiger charge is -2.06. The standard InChI is InChI=1S/C12H17ClN2O2S/c1-17-5-2-6-18-8-10-4-3-9(7-11(10)13)12(14)15-16/h3-4,7,16H,2,5-6,8H2,1H3,(H2,14,15). The molecule has 0 saturated heterocycles. The molecule has 1 aromatic carbocycles. The first kappa shape index (κ1) is 15.1. The van der Waals surface area contributed by atoms with Gasteiger partial charge >= 0.3 is 0 Å². The van der Waals surface area contributed by atoms with Crippen molar-refractivity contribution in [2.75, 3.05) is 19.5 Å². The van der Waals surface area contributed by atoms with Gasteiger partial charge in [0.15, 0.2) is 5.84 Å². The molecule has 0 aliphatic rings. The Labute approximate surface area is 116 Å². The van der Waals surface area contributed by atoms with Crippen molar-refractivity contribution in [1.29, 1.82) is 0 Å². The van der Waals surface area contributed by atoms with E-state index in [1.807, 2.05) is 6.07 Å². The summed E-state index contributed by atoms with van der Waals surface area (Å²) >= 11 is 7.95. The Morgan fingerprint density at radius 2 is 2.33 bits per heavy atom. The highest BCUT2D eigenvalue weighted by atomic mass is 35.5. The van der Waals surface area contributed by atoms with Crippen molar-refractivity contribution < 1.29 is 9.94 Å². The third-order valence-electron chi connectivity index (χ3n) is 2.35. The molecule has 0 aliphatic heterocycles. The van der Waals surface area contributed by atoms with Crippen molar-refractivity contribution in [3.05, 3.63) is 34.3 Å². The molecule has 0 fully saturated rings. The van der Waals surface area contributed by atoms with Crippen molar-refractivity contribution in [3.63, 3.8) is 0 Å². The van der Waals surface area contributed by atoms with Crippen LogP contribution in [0, 0.1) is 0 Å². The van der Waals surface area contributed by atoms with Gasteiger partial charge in [-0.15, -0.1) is 0 Å². The number of halogens is 1. The van der Waals surface area contributed by atoms with Crippen LogP contribution in [0.25, 0.3) is 0 Å². The van der Waals surface area contributed by atoms with Crippen LogP contribution in [0.5, 0.6) is 0 Å². The number of hydrogen-bond acceptors (Lipinski definition) is 4. The molecule has 1 aromatic rings. The zero-order valence-electron chi connectivity index (χ0n) is 10.2.